The topological polar surface area (TPSA) is 0 Å². The normalized spacial score (nSPS) is 19.1. The van der Waals surface area contributed by atoms with Crippen molar-refractivity contribution in [3.05, 3.63) is 46.2 Å². The number of fused-ring (bicyclic) bond motifs is 3. The lowest BCUT2D eigenvalue weighted by Crippen LogP contribution is -2.17. The first kappa shape index (κ1) is 8.93. The molecule has 74 valence electrons. The van der Waals surface area contributed by atoms with Crippen LogP contribution in [-0.4, -0.2) is 0 Å². The van der Waals surface area contributed by atoms with Crippen LogP contribution in [0.5, 0.6) is 0 Å². The molecule has 2 aromatic rings. The molecule has 1 heteroatoms. The zero-order chi connectivity index (χ0) is 10.3. The molecule has 1 aromatic carbocycles. The Balaban J connectivity index is 2.52. The van der Waals surface area contributed by atoms with E-state index >= 15 is 0 Å². The van der Waals surface area contributed by atoms with Crippen molar-refractivity contribution >= 4 is 33.6 Å². The third-order valence-electron chi connectivity index (χ3n) is 2.75. The van der Waals surface area contributed by atoms with Gasteiger partial charge in [-0.1, -0.05) is 49.4 Å². The average molecular weight is 212 g/mol. The second-order valence-corrected chi connectivity index (χ2v) is 5.04. The highest BCUT2D eigenvalue weighted by molar-refractivity contribution is 7.17. The monoisotopic (exact) mass is 212 g/mol. The van der Waals surface area contributed by atoms with Crippen LogP contribution in [0.3, 0.4) is 0 Å². The summed E-state index contributed by atoms with van der Waals surface area (Å²) in [5.41, 5.74) is 0. The van der Waals surface area contributed by atoms with Gasteiger partial charge < -0.3 is 0 Å². The van der Waals surface area contributed by atoms with E-state index in [0.29, 0.717) is 5.92 Å². The second kappa shape index (κ2) is 3.35. The molecule has 1 heterocycles. The first-order valence-electron chi connectivity index (χ1n) is 5.22. The Bertz CT molecular complexity index is 644. The Labute approximate surface area is 92.9 Å². The first-order valence-corrected chi connectivity index (χ1v) is 6.04. The summed E-state index contributed by atoms with van der Waals surface area (Å²) in [6.45, 7) is 2.23. The fourth-order valence-electron chi connectivity index (χ4n) is 2.00. The van der Waals surface area contributed by atoms with E-state index in [-0.39, 0.29) is 0 Å². The molecule has 0 aliphatic heterocycles. The van der Waals surface area contributed by atoms with E-state index < -0.39 is 0 Å². The molecule has 15 heavy (non-hydrogen) atoms. The van der Waals surface area contributed by atoms with E-state index in [0.717, 1.165) is 0 Å². The van der Waals surface area contributed by atoms with Crippen molar-refractivity contribution in [2.45, 2.75) is 6.92 Å². The summed E-state index contributed by atoms with van der Waals surface area (Å²) in [7, 11) is 0. The number of hydrogen-bond donors (Lipinski definition) is 0. The number of thiophene rings is 1. The summed E-state index contributed by atoms with van der Waals surface area (Å²) < 4.78 is 2.80. The van der Waals surface area contributed by atoms with Gasteiger partial charge in [0.1, 0.15) is 0 Å². The van der Waals surface area contributed by atoms with Crippen LogP contribution < -0.4 is 9.75 Å². The van der Waals surface area contributed by atoms with Crippen molar-refractivity contribution in [3.8, 4) is 0 Å². The maximum atomic E-state index is 2.35. The van der Waals surface area contributed by atoms with E-state index in [9.17, 15) is 0 Å². The van der Waals surface area contributed by atoms with E-state index in [1.165, 1.54) is 19.8 Å². The molecule has 0 N–H and O–H groups in total. The third-order valence-corrected chi connectivity index (χ3v) is 3.91. The molecule has 0 amide bonds. The first-order chi connectivity index (χ1) is 7.34. The van der Waals surface area contributed by atoms with Crippen molar-refractivity contribution in [2.75, 3.05) is 0 Å². The van der Waals surface area contributed by atoms with Gasteiger partial charge in [0, 0.05) is 14.6 Å². The van der Waals surface area contributed by atoms with Gasteiger partial charge in [-0.3, -0.25) is 0 Å². The van der Waals surface area contributed by atoms with Gasteiger partial charge in [0.05, 0.1) is 0 Å². The molecular weight excluding hydrogens is 200 g/mol. The summed E-state index contributed by atoms with van der Waals surface area (Å²) in [5.74, 6) is 0.538. The van der Waals surface area contributed by atoms with Crippen molar-refractivity contribution < 1.29 is 0 Å². The van der Waals surface area contributed by atoms with Crippen molar-refractivity contribution in [3.63, 3.8) is 0 Å². The maximum absolute atomic E-state index is 2.35. The number of rotatable bonds is 0. The van der Waals surface area contributed by atoms with E-state index in [1.807, 2.05) is 11.3 Å². The van der Waals surface area contributed by atoms with Gasteiger partial charge in [0.15, 0.2) is 0 Å². The highest BCUT2D eigenvalue weighted by Crippen LogP contribution is 2.13. The van der Waals surface area contributed by atoms with E-state index in [4.69, 9.17) is 0 Å². The Morgan fingerprint density at radius 3 is 3.00 bits per heavy atom. The molecule has 0 bridgehead atoms. The van der Waals surface area contributed by atoms with Gasteiger partial charge in [0.2, 0.25) is 0 Å². The Morgan fingerprint density at radius 1 is 1.20 bits per heavy atom. The van der Waals surface area contributed by atoms with Gasteiger partial charge in [-0.2, -0.15) is 0 Å². The number of hydrogen-bond acceptors (Lipinski definition) is 1. The Kier molecular flexibility index (Phi) is 2.00. The molecule has 0 saturated heterocycles. The quantitative estimate of drug-likeness (QED) is 0.630. The van der Waals surface area contributed by atoms with Gasteiger partial charge in [-0.15, -0.1) is 11.3 Å². The van der Waals surface area contributed by atoms with Crippen molar-refractivity contribution in [2.24, 2.45) is 5.92 Å². The third kappa shape index (κ3) is 1.44. The maximum Gasteiger partial charge on any atom is 0.0355 e. The van der Waals surface area contributed by atoms with Gasteiger partial charge in [-0.05, 0) is 17.2 Å². The second-order valence-electron chi connectivity index (χ2n) is 3.95. The lowest BCUT2D eigenvalue weighted by molar-refractivity contribution is 1.00. The fourth-order valence-corrected chi connectivity index (χ4v) is 3.24. The Hall–Kier alpha value is -1.34. The van der Waals surface area contributed by atoms with Crippen LogP contribution in [-0.2, 0) is 0 Å². The van der Waals surface area contributed by atoms with Crippen LogP contribution in [0.2, 0.25) is 0 Å². The molecule has 0 saturated carbocycles. The molecule has 1 atom stereocenters. The van der Waals surface area contributed by atoms with Crippen LogP contribution in [0.15, 0.2) is 36.4 Å². The molecule has 0 radical (unpaired) electrons. The standard InChI is InChI=1S/C14H12S/c1-10-5-4-7-12-11-6-2-3-8-13(11)15-14(12)9-10/h2-10H,1H3. The molecule has 1 aliphatic carbocycles. The average Bonchev–Trinajstić information content (AvgIpc) is 2.46. The van der Waals surface area contributed by atoms with Crippen molar-refractivity contribution in [1.82, 2.24) is 0 Å². The number of benzene rings is 1. The SMILES string of the molecule is CC1C=CC=c2c(sc3ccccc23)=C1. The minimum Gasteiger partial charge on any atom is -0.136 e. The number of allylic oxidation sites excluding steroid dienone is 2. The highest BCUT2D eigenvalue weighted by atomic mass is 32.1. The molecule has 3 rings (SSSR count). The van der Waals surface area contributed by atoms with E-state index in [1.54, 1.807) is 0 Å². The van der Waals surface area contributed by atoms with Crippen LogP contribution in [0.25, 0.3) is 22.2 Å². The van der Waals surface area contributed by atoms with Crippen molar-refractivity contribution in [1.29, 1.82) is 0 Å². The fraction of sp³-hybridized carbons (Fsp3) is 0.143. The largest absolute Gasteiger partial charge is 0.136 e. The van der Waals surface area contributed by atoms with Crippen LogP contribution in [0.4, 0.5) is 0 Å². The molecular formula is C14H12S. The zero-order valence-electron chi connectivity index (χ0n) is 8.60. The van der Waals surface area contributed by atoms with Crippen LogP contribution >= 0.6 is 11.3 Å². The predicted molar refractivity (Wildman–Crippen MR) is 68.3 cm³/mol. The summed E-state index contributed by atoms with van der Waals surface area (Å²) in [6, 6.07) is 8.63. The summed E-state index contributed by atoms with van der Waals surface area (Å²) in [6.07, 6.45) is 8.99. The Morgan fingerprint density at radius 2 is 2.07 bits per heavy atom. The molecule has 0 nitrogen and oxygen atoms in total. The van der Waals surface area contributed by atoms with Gasteiger partial charge >= 0.3 is 0 Å². The van der Waals surface area contributed by atoms with Crippen LogP contribution in [0.1, 0.15) is 6.92 Å². The minimum absolute atomic E-state index is 0.538. The zero-order valence-corrected chi connectivity index (χ0v) is 9.42. The smallest absolute Gasteiger partial charge is 0.0355 e. The molecule has 0 spiro atoms. The summed E-state index contributed by atoms with van der Waals surface area (Å²) in [4.78, 5) is 0. The predicted octanol–water partition coefficient (Wildman–Crippen LogP) is 2.67. The lowest BCUT2D eigenvalue weighted by atomic mass is 10.2. The van der Waals surface area contributed by atoms with Crippen LogP contribution in [0, 0.1) is 5.92 Å². The lowest BCUT2D eigenvalue weighted by Gasteiger charge is -1.91. The van der Waals surface area contributed by atoms with Gasteiger partial charge in [0.25, 0.3) is 0 Å². The van der Waals surface area contributed by atoms with Gasteiger partial charge in [-0.25, -0.2) is 0 Å². The van der Waals surface area contributed by atoms with E-state index in [2.05, 4.69) is 55.5 Å². The molecule has 1 aliphatic rings. The molecule has 1 aromatic heterocycles. The summed E-state index contributed by atoms with van der Waals surface area (Å²) in [5, 5.41) is 2.77. The summed E-state index contributed by atoms with van der Waals surface area (Å²) >= 11 is 1.89. The highest BCUT2D eigenvalue weighted by Gasteiger charge is 2.02. The molecule has 1 unspecified atom stereocenters. The molecule has 0 fully saturated rings. The minimum atomic E-state index is 0.538.